The number of hydrogen-bond donors (Lipinski definition) is 0. The number of thioether (sulfide) groups is 4. The molecule has 144 valence electrons. The molecule has 28 heavy (non-hydrogen) atoms. The molecule has 0 amide bonds. The van der Waals surface area contributed by atoms with E-state index in [9.17, 15) is 0 Å². The van der Waals surface area contributed by atoms with Gasteiger partial charge in [-0.1, -0.05) is 97.2 Å². The Morgan fingerprint density at radius 2 is 0.571 bits per heavy atom. The highest BCUT2D eigenvalue weighted by molar-refractivity contribution is 8.16. The van der Waals surface area contributed by atoms with Crippen LogP contribution in [-0.2, 0) is 0 Å². The third kappa shape index (κ3) is 5.08. The lowest BCUT2D eigenvalue weighted by molar-refractivity contribution is 0.820. The lowest BCUT2D eigenvalue weighted by Gasteiger charge is -1.92. The summed E-state index contributed by atoms with van der Waals surface area (Å²) in [6.45, 7) is 0. The largest absolute Gasteiger partial charge is 0.150 e. The molecular weight excluding hydrogens is 417 g/mol. The lowest BCUT2D eigenvalue weighted by atomic mass is 10.1. The summed E-state index contributed by atoms with van der Waals surface area (Å²) in [5, 5.41) is 6.95. The van der Waals surface area contributed by atoms with Crippen LogP contribution < -0.4 is 0 Å². The summed E-state index contributed by atoms with van der Waals surface area (Å²) in [4.78, 5) is 0. The van der Waals surface area contributed by atoms with Gasteiger partial charge in [0.25, 0.3) is 0 Å². The average molecular weight is 441 g/mol. The van der Waals surface area contributed by atoms with Crippen molar-refractivity contribution in [3.63, 3.8) is 0 Å². The highest BCUT2D eigenvalue weighted by atomic mass is 32.2. The van der Waals surface area contributed by atoms with Gasteiger partial charge in [0.1, 0.15) is 0 Å². The Labute approximate surface area is 185 Å². The minimum absolute atomic E-state index is 0.750. The molecule has 0 N–H and O–H groups in total. The highest BCUT2D eigenvalue weighted by Crippen LogP contribution is 2.69. The minimum Gasteiger partial charge on any atom is -0.150 e. The Bertz CT molecular complexity index is 744. The van der Waals surface area contributed by atoms with Gasteiger partial charge in [-0.25, -0.2) is 0 Å². The predicted molar refractivity (Wildman–Crippen MR) is 134 cm³/mol. The fourth-order valence-corrected chi connectivity index (χ4v) is 9.90. The molecule has 4 heterocycles. The van der Waals surface area contributed by atoms with Gasteiger partial charge < -0.3 is 0 Å². The van der Waals surface area contributed by atoms with E-state index in [0.717, 1.165) is 42.0 Å². The molecule has 5 rings (SSSR count). The summed E-state index contributed by atoms with van der Waals surface area (Å²) in [6, 6.07) is 0. The van der Waals surface area contributed by atoms with Crippen molar-refractivity contribution in [3.8, 4) is 0 Å². The van der Waals surface area contributed by atoms with Crippen LogP contribution in [0.25, 0.3) is 0 Å². The van der Waals surface area contributed by atoms with E-state index in [1.54, 1.807) is 0 Å². The fraction of sp³-hybridized carbons (Fsp3) is 0.333. The van der Waals surface area contributed by atoms with Crippen LogP contribution in [0.4, 0.5) is 0 Å². The maximum absolute atomic E-state index is 2.39. The summed E-state index contributed by atoms with van der Waals surface area (Å²) in [7, 11) is 0. The third-order valence-electron chi connectivity index (χ3n) is 5.26. The van der Waals surface area contributed by atoms with Gasteiger partial charge in [-0.2, -0.15) is 23.5 Å². The third-order valence-corrected chi connectivity index (χ3v) is 11.5. The standard InChI is InChI=1S/C24H24S4/c1-2-4-6-8-10-12-14-16-18-20(26-18)22-24(28-22)23-21(27-23)19-17(25-19)15-13-11-9-7-5-3-1/h1-24H/b3-1-,4-2-,7-5-,8-6+,11-9-,12-10-,15-13-,16-14-. The van der Waals surface area contributed by atoms with Crippen LogP contribution in [0, 0.1) is 0 Å². The van der Waals surface area contributed by atoms with Crippen LogP contribution in [-0.4, -0.2) is 42.0 Å². The monoisotopic (exact) mass is 440 g/mol. The molecule has 5 aliphatic rings. The first-order valence-electron chi connectivity index (χ1n) is 9.89. The van der Waals surface area contributed by atoms with E-state index in [2.05, 4.69) is 144 Å². The molecule has 4 aliphatic heterocycles. The molecule has 0 radical (unpaired) electrons. The number of rotatable bonds is 0. The van der Waals surface area contributed by atoms with Crippen molar-refractivity contribution in [3.05, 3.63) is 97.2 Å². The first kappa shape index (κ1) is 19.3. The van der Waals surface area contributed by atoms with Crippen LogP contribution in [0.3, 0.4) is 0 Å². The van der Waals surface area contributed by atoms with Gasteiger partial charge in [0, 0.05) is 42.0 Å². The summed E-state index contributed by atoms with van der Waals surface area (Å²) in [5.41, 5.74) is 0. The van der Waals surface area contributed by atoms with E-state index in [0.29, 0.717) is 0 Å². The Hall–Kier alpha value is -0.680. The van der Waals surface area contributed by atoms with E-state index >= 15 is 0 Å². The van der Waals surface area contributed by atoms with E-state index in [-0.39, 0.29) is 0 Å². The van der Waals surface area contributed by atoms with Crippen molar-refractivity contribution in [1.82, 2.24) is 0 Å². The molecule has 0 spiro atoms. The smallest absolute Gasteiger partial charge is 0.0364 e. The molecule has 0 aromatic heterocycles. The molecule has 0 aromatic carbocycles. The molecule has 4 heteroatoms. The van der Waals surface area contributed by atoms with Crippen molar-refractivity contribution in [1.29, 1.82) is 0 Å². The van der Waals surface area contributed by atoms with Gasteiger partial charge in [0.05, 0.1) is 0 Å². The molecule has 0 nitrogen and oxygen atoms in total. The summed E-state index contributed by atoms with van der Waals surface area (Å²) < 4.78 is 0. The average Bonchev–Trinajstić information content (AvgIpc) is 3.50. The summed E-state index contributed by atoms with van der Waals surface area (Å²) in [6.07, 6.45) is 34.2. The Kier molecular flexibility index (Phi) is 6.20. The SMILES string of the molecule is C1=C\C=C/C=C\C2SC2C2SC2C2SC2C2SC2/C=C\C=C/C=C/C=C\C=C/1. The van der Waals surface area contributed by atoms with E-state index in [1.165, 1.54) is 0 Å². The zero-order chi connectivity index (χ0) is 18.8. The van der Waals surface area contributed by atoms with Gasteiger partial charge in [-0.3, -0.25) is 0 Å². The Balaban J connectivity index is 1.19. The molecule has 0 bridgehead atoms. The van der Waals surface area contributed by atoms with Crippen molar-refractivity contribution in [2.24, 2.45) is 0 Å². The van der Waals surface area contributed by atoms with Crippen molar-refractivity contribution in [2.75, 3.05) is 0 Å². The lowest BCUT2D eigenvalue weighted by Crippen LogP contribution is -2.13. The number of hydrogen-bond acceptors (Lipinski definition) is 4. The number of allylic oxidation sites excluding steroid dienone is 14. The van der Waals surface area contributed by atoms with Crippen molar-refractivity contribution < 1.29 is 0 Å². The van der Waals surface area contributed by atoms with Crippen molar-refractivity contribution >= 4 is 47.0 Å². The van der Waals surface area contributed by atoms with E-state index in [4.69, 9.17) is 0 Å². The summed E-state index contributed by atoms with van der Waals surface area (Å²) >= 11 is 8.83. The van der Waals surface area contributed by atoms with Gasteiger partial charge in [0.15, 0.2) is 0 Å². The second kappa shape index (κ2) is 8.99. The molecule has 0 saturated carbocycles. The van der Waals surface area contributed by atoms with Crippen LogP contribution in [0.1, 0.15) is 0 Å². The Morgan fingerprint density at radius 1 is 0.286 bits per heavy atom. The molecule has 1 aliphatic carbocycles. The zero-order valence-electron chi connectivity index (χ0n) is 15.5. The van der Waals surface area contributed by atoms with Crippen molar-refractivity contribution in [2.45, 2.75) is 42.0 Å². The predicted octanol–water partition coefficient (Wildman–Crippen LogP) is 6.39. The topological polar surface area (TPSA) is 0 Å². The maximum atomic E-state index is 2.39. The van der Waals surface area contributed by atoms with Gasteiger partial charge >= 0.3 is 0 Å². The number of fused-ring (bicyclic) bond motifs is 7. The Morgan fingerprint density at radius 3 is 0.929 bits per heavy atom. The normalized spacial score (nSPS) is 52.6. The molecule has 4 fully saturated rings. The first-order valence-corrected chi connectivity index (χ1v) is 13.7. The van der Waals surface area contributed by atoms with Crippen LogP contribution in [0.2, 0.25) is 0 Å². The minimum atomic E-state index is 0.750. The molecule has 0 aromatic rings. The molecule has 4 saturated heterocycles. The van der Waals surface area contributed by atoms with Crippen LogP contribution in [0.5, 0.6) is 0 Å². The quantitative estimate of drug-likeness (QED) is 0.400. The summed E-state index contributed by atoms with van der Waals surface area (Å²) in [5.74, 6) is 0. The second-order valence-corrected chi connectivity index (χ2v) is 12.8. The highest BCUT2D eigenvalue weighted by Gasteiger charge is 2.66. The van der Waals surface area contributed by atoms with Gasteiger partial charge in [0.2, 0.25) is 0 Å². The fourth-order valence-electron chi connectivity index (χ4n) is 3.56. The van der Waals surface area contributed by atoms with Gasteiger partial charge in [-0.05, 0) is 0 Å². The first-order chi connectivity index (χ1) is 13.9. The van der Waals surface area contributed by atoms with E-state index in [1.807, 2.05) is 0 Å². The van der Waals surface area contributed by atoms with Crippen LogP contribution >= 0.6 is 47.0 Å². The van der Waals surface area contributed by atoms with Gasteiger partial charge in [-0.15, -0.1) is 23.5 Å². The van der Waals surface area contributed by atoms with E-state index < -0.39 is 0 Å². The maximum Gasteiger partial charge on any atom is 0.0364 e. The zero-order valence-corrected chi connectivity index (χ0v) is 18.8. The molecule has 8 unspecified atom stereocenters. The molecule has 8 atom stereocenters. The second-order valence-electron chi connectivity index (χ2n) is 7.34. The van der Waals surface area contributed by atoms with Crippen LogP contribution in [0.15, 0.2) is 97.2 Å². The molecular formula is C24H24S4.